The number of nitriles is 1. The minimum atomic E-state index is 0. The molecular formula is C15H15BrN2O. The van der Waals surface area contributed by atoms with Crippen LogP contribution in [0.1, 0.15) is 18.1 Å². The Hall–Kier alpha value is -1.86. The van der Waals surface area contributed by atoms with E-state index in [9.17, 15) is 0 Å². The van der Waals surface area contributed by atoms with Crippen LogP contribution in [-0.4, -0.2) is 6.61 Å². The lowest BCUT2D eigenvalue weighted by molar-refractivity contribution is -0.688. The van der Waals surface area contributed by atoms with Gasteiger partial charge in [0.1, 0.15) is 5.75 Å². The molecule has 0 N–H and O–H groups in total. The average Bonchev–Trinajstić information content (AvgIpc) is 2.42. The van der Waals surface area contributed by atoms with Crippen LogP contribution in [0, 0.1) is 11.3 Å². The fourth-order valence-corrected chi connectivity index (χ4v) is 1.71. The molecule has 0 fully saturated rings. The first kappa shape index (κ1) is 15.2. The molecule has 3 nitrogen and oxygen atoms in total. The van der Waals surface area contributed by atoms with Crippen LogP contribution in [0.25, 0.3) is 0 Å². The van der Waals surface area contributed by atoms with Crippen LogP contribution in [-0.2, 0) is 6.54 Å². The van der Waals surface area contributed by atoms with E-state index >= 15 is 0 Å². The molecule has 0 amide bonds. The monoisotopic (exact) mass is 318 g/mol. The van der Waals surface area contributed by atoms with Gasteiger partial charge in [0.05, 0.1) is 18.2 Å². The highest BCUT2D eigenvalue weighted by Gasteiger charge is 2.03. The molecule has 0 aliphatic rings. The highest BCUT2D eigenvalue weighted by molar-refractivity contribution is 5.31. The van der Waals surface area contributed by atoms with Crippen LogP contribution in [0.2, 0.25) is 0 Å². The fourth-order valence-electron chi connectivity index (χ4n) is 1.71. The largest absolute Gasteiger partial charge is 1.00 e. The quantitative estimate of drug-likeness (QED) is 0.699. The lowest BCUT2D eigenvalue weighted by Gasteiger charge is -2.01. The zero-order chi connectivity index (χ0) is 12.8. The lowest BCUT2D eigenvalue weighted by atomic mass is 10.1. The zero-order valence-electron chi connectivity index (χ0n) is 10.7. The Labute approximate surface area is 123 Å². The van der Waals surface area contributed by atoms with E-state index in [0.29, 0.717) is 12.2 Å². The molecule has 0 bridgehead atoms. The fraction of sp³-hybridized carbons (Fsp3) is 0.200. The minimum absolute atomic E-state index is 0. The average molecular weight is 319 g/mol. The molecule has 1 aromatic heterocycles. The summed E-state index contributed by atoms with van der Waals surface area (Å²) in [5.74, 6) is 0.883. The van der Waals surface area contributed by atoms with Crippen molar-refractivity contribution >= 4 is 0 Å². The first-order valence-electron chi connectivity index (χ1n) is 5.93. The summed E-state index contributed by atoms with van der Waals surface area (Å²) in [6.07, 6.45) is 3.98. The third-order valence-electron chi connectivity index (χ3n) is 2.62. The van der Waals surface area contributed by atoms with E-state index in [1.165, 1.54) is 5.56 Å². The molecule has 2 rings (SSSR count). The van der Waals surface area contributed by atoms with Crippen molar-refractivity contribution in [2.45, 2.75) is 13.5 Å². The number of benzene rings is 1. The maximum atomic E-state index is 8.73. The molecule has 98 valence electrons. The van der Waals surface area contributed by atoms with Crippen molar-refractivity contribution in [1.82, 2.24) is 0 Å². The second-order valence-corrected chi connectivity index (χ2v) is 3.95. The van der Waals surface area contributed by atoms with Gasteiger partial charge in [-0.05, 0) is 19.1 Å². The van der Waals surface area contributed by atoms with E-state index in [0.717, 1.165) is 12.3 Å². The number of ether oxygens (including phenoxy) is 1. The Balaban J connectivity index is 0.00000180. The third kappa shape index (κ3) is 4.38. The summed E-state index contributed by atoms with van der Waals surface area (Å²) >= 11 is 0. The van der Waals surface area contributed by atoms with Crippen molar-refractivity contribution in [3.05, 3.63) is 59.9 Å². The minimum Gasteiger partial charge on any atom is -1.00 e. The predicted molar refractivity (Wildman–Crippen MR) is 68.1 cm³/mol. The summed E-state index contributed by atoms with van der Waals surface area (Å²) in [5, 5.41) is 8.73. The number of aromatic nitrogens is 1. The molecule has 0 saturated carbocycles. The summed E-state index contributed by atoms with van der Waals surface area (Å²) in [5.41, 5.74) is 1.86. The van der Waals surface area contributed by atoms with E-state index in [1.54, 1.807) is 0 Å². The Morgan fingerprint density at radius 2 is 1.74 bits per heavy atom. The van der Waals surface area contributed by atoms with E-state index in [2.05, 4.69) is 10.6 Å². The standard InChI is InChI=1S/C15H15N2O.BrH/c1-2-18-15-7-9-17(10-8-15)12-14-5-3-13(11-16)4-6-14;/h3-10H,2,12H2,1H3;1H/q+1;/p-1. The third-order valence-corrected chi connectivity index (χ3v) is 2.62. The van der Waals surface area contributed by atoms with E-state index < -0.39 is 0 Å². The molecule has 0 radical (unpaired) electrons. The zero-order valence-corrected chi connectivity index (χ0v) is 12.3. The summed E-state index contributed by atoms with van der Waals surface area (Å²) < 4.78 is 7.47. The van der Waals surface area contributed by atoms with Crippen molar-refractivity contribution in [3.63, 3.8) is 0 Å². The van der Waals surface area contributed by atoms with Gasteiger partial charge >= 0.3 is 0 Å². The SMILES string of the molecule is CCOc1cc[n+](Cc2ccc(C#N)cc2)cc1.[Br-]. The molecule has 19 heavy (non-hydrogen) atoms. The van der Waals surface area contributed by atoms with Crippen LogP contribution in [0.15, 0.2) is 48.8 Å². The van der Waals surface area contributed by atoms with Crippen LogP contribution in [0.4, 0.5) is 0 Å². The number of rotatable bonds is 4. The first-order valence-corrected chi connectivity index (χ1v) is 5.93. The first-order chi connectivity index (χ1) is 8.81. The van der Waals surface area contributed by atoms with Gasteiger partial charge in [-0.2, -0.15) is 5.26 Å². The van der Waals surface area contributed by atoms with Crippen molar-refractivity contribution in [2.75, 3.05) is 6.61 Å². The van der Waals surface area contributed by atoms with Crippen molar-refractivity contribution in [1.29, 1.82) is 5.26 Å². The molecule has 1 heterocycles. The summed E-state index contributed by atoms with van der Waals surface area (Å²) in [7, 11) is 0. The van der Waals surface area contributed by atoms with E-state index in [4.69, 9.17) is 10.00 Å². The molecule has 0 saturated heterocycles. The van der Waals surface area contributed by atoms with E-state index in [1.807, 2.05) is 55.7 Å². The van der Waals surface area contributed by atoms with Gasteiger partial charge in [-0.15, -0.1) is 0 Å². The lowest BCUT2D eigenvalue weighted by Crippen LogP contribution is -3.00. The summed E-state index contributed by atoms with van der Waals surface area (Å²) in [6, 6.07) is 13.6. The normalized spacial score (nSPS) is 9.26. The molecule has 4 heteroatoms. The van der Waals surface area contributed by atoms with Gasteiger partial charge in [0.15, 0.2) is 18.9 Å². The molecule has 0 spiro atoms. The summed E-state index contributed by atoms with van der Waals surface area (Å²) in [4.78, 5) is 0. The number of halogens is 1. The van der Waals surface area contributed by atoms with Gasteiger partial charge in [-0.1, -0.05) is 12.1 Å². The second-order valence-electron chi connectivity index (χ2n) is 3.95. The molecule has 0 aliphatic heterocycles. The Morgan fingerprint density at radius 3 is 2.26 bits per heavy atom. The van der Waals surface area contributed by atoms with Crippen molar-refractivity contribution in [3.8, 4) is 11.8 Å². The van der Waals surface area contributed by atoms with Crippen molar-refractivity contribution < 1.29 is 26.3 Å². The molecule has 0 atom stereocenters. The smallest absolute Gasteiger partial charge is 0.173 e. The Bertz CT molecular complexity index is 544. The van der Waals surface area contributed by atoms with Crippen LogP contribution in [0.3, 0.4) is 0 Å². The van der Waals surface area contributed by atoms with Crippen LogP contribution >= 0.6 is 0 Å². The van der Waals surface area contributed by atoms with Crippen molar-refractivity contribution in [2.24, 2.45) is 0 Å². The molecule has 0 unspecified atom stereocenters. The van der Waals surface area contributed by atoms with Gasteiger partial charge in [0, 0.05) is 17.7 Å². The number of hydrogen-bond acceptors (Lipinski definition) is 2. The Kier molecular flexibility index (Phi) is 6.04. The Morgan fingerprint density at radius 1 is 1.11 bits per heavy atom. The van der Waals surface area contributed by atoms with Gasteiger partial charge in [-0.3, -0.25) is 0 Å². The highest BCUT2D eigenvalue weighted by Crippen LogP contribution is 2.07. The molecular weight excluding hydrogens is 304 g/mol. The number of pyridine rings is 1. The predicted octanol–water partition coefficient (Wildman–Crippen LogP) is -0.703. The number of hydrogen-bond donors (Lipinski definition) is 0. The van der Waals surface area contributed by atoms with E-state index in [-0.39, 0.29) is 17.0 Å². The molecule has 2 aromatic rings. The summed E-state index contributed by atoms with van der Waals surface area (Å²) in [6.45, 7) is 3.44. The van der Waals surface area contributed by atoms with Gasteiger partial charge in [0.25, 0.3) is 0 Å². The maximum absolute atomic E-state index is 8.73. The maximum Gasteiger partial charge on any atom is 0.173 e. The van der Waals surface area contributed by atoms with Gasteiger partial charge in [0.2, 0.25) is 0 Å². The van der Waals surface area contributed by atoms with Gasteiger partial charge in [-0.25, -0.2) is 4.57 Å². The van der Waals surface area contributed by atoms with Crippen LogP contribution < -0.4 is 26.3 Å². The van der Waals surface area contributed by atoms with Gasteiger partial charge < -0.3 is 21.7 Å². The molecule has 0 aliphatic carbocycles. The highest BCUT2D eigenvalue weighted by atomic mass is 79.9. The molecule has 1 aromatic carbocycles. The second kappa shape index (κ2) is 7.55. The van der Waals surface area contributed by atoms with Crippen LogP contribution in [0.5, 0.6) is 5.75 Å². The topological polar surface area (TPSA) is 36.9 Å². The number of nitrogens with zero attached hydrogens (tertiary/aromatic N) is 2.